The highest BCUT2D eigenvalue weighted by molar-refractivity contribution is 6.29. The van der Waals surface area contributed by atoms with Crippen LogP contribution in [0.25, 0.3) is 100 Å². The molecule has 0 bridgehead atoms. The topological polar surface area (TPSA) is 48.5 Å². The van der Waals surface area contributed by atoms with Crippen molar-refractivity contribution < 1.29 is 4.39 Å². The first kappa shape index (κ1) is 32.7. The molecule has 268 valence electrons. The van der Waals surface area contributed by atoms with Crippen molar-refractivity contribution in [2.24, 2.45) is 0 Å². The summed E-state index contributed by atoms with van der Waals surface area (Å²) in [6, 6.07) is 65.3. The number of aromatic nitrogens is 5. The predicted molar refractivity (Wildman–Crippen MR) is 230 cm³/mol. The molecule has 3 heterocycles. The molecule has 57 heavy (non-hydrogen) atoms. The molecular weight excluding hydrogens is 702 g/mol. The van der Waals surface area contributed by atoms with Gasteiger partial charge in [-0.2, -0.15) is 0 Å². The van der Waals surface area contributed by atoms with Crippen LogP contribution in [0.3, 0.4) is 0 Å². The quantitative estimate of drug-likeness (QED) is 0.171. The molecule has 0 fully saturated rings. The van der Waals surface area contributed by atoms with E-state index in [0.717, 1.165) is 66.6 Å². The summed E-state index contributed by atoms with van der Waals surface area (Å²) in [5.74, 6) is 1.44. The lowest BCUT2D eigenvalue weighted by Gasteiger charge is -2.16. The van der Waals surface area contributed by atoms with Crippen LogP contribution >= 0.6 is 0 Å². The first-order valence-corrected chi connectivity index (χ1v) is 19.0. The Bertz CT molecular complexity index is 3220. The van der Waals surface area contributed by atoms with Gasteiger partial charge in [0.05, 0.1) is 27.8 Å². The van der Waals surface area contributed by atoms with Crippen molar-refractivity contribution in [1.82, 2.24) is 24.1 Å². The van der Waals surface area contributed by atoms with Crippen molar-refractivity contribution in [3.8, 4) is 56.7 Å². The fourth-order valence-corrected chi connectivity index (χ4v) is 8.30. The van der Waals surface area contributed by atoms with E-state index >= 15 is 0 Å². The number of rotatable bonds is 6. The monoisotopic (exact) mass is 733 g/mol. The lowest BCUT2D eigenvalue weighted by molar-refractivity contribution is 0.628. The molecule has 11 rings (SSSR count). The van der Waals surface area contributed by atoms with Gasteiger partial charge in [0.2, 0.25) is 0 Å². The van der Waals surface area contributed by atoms with E-state index < -0.39 is 0 Å². The van der Waals surface area contributed by atoms with Gasteiger partial charge in [-0.1, -0.05) is 127 Å². The Morgan fingerprint density at radius 1 is 0.351 bits per heavy atom. The fraction of sp³-hybridized carbons (Fsp3) is 0. The van der Waals surface area contributed by atoms with Gasteiger partial charge >= 0.3 is 0 Å². The molecule has 0 aliphatic carbocycles. The largest absolute Gasteiger partial charge is 0.309 e. The third-order valence-electron chi connectivity index (χ3n) is 10.8. The van der Waals surface area contributed by atoms with Crippen molar-refractivity contribution in [3.05, 3.63) is 200 Å². The molecule has 0 N–H and O–H groups in total. The van der Waals surface area contributed by atoms with Crippen LogP contribution in [0.4, 0.5) is 4.39 Å². The average Bonchev–Trinajstić information content (AvgIpc) is 3.80. The summed E-state index contributed by atoms with van der Waals surface area (Å²) in [6.07, 6.45) is 0. The molecule has 6 heteroatoms. The number of halogens is 1. The van der Waals surface area contributed by atoms with E-state index in [2.05, 4.69) is 118 Å². The smallest absolute Gasteiger partial charge is 0.164 e. The Kier molecular flexibility index (Phi) is 7.60. The molecule has 0 aliphatic heterocycles. The molecule has 8 aromatic carbocycles. The van der Waals surface area contributed by atoms with Crippen LogP contribution in [0.2, 0.25) is 0 Å². The summed E-state index contributed by atoms with van der Waals surface area (Å²) in [4.78, 5) is 15.0. The van der Waals surface area contributed by atoms with Gasteiger partial charge in [-0.25, -0.2) is 19.3 Å². The molecule has 0 saturated carbocycles. The highest BCUT2D eigenvalue weighted by atomic mass is 19.1. The van der Waals surface area contributed by atoms with E-state index in [0.29, 0.717) is 17.5 Å². The number of para-hydroxylation sites is 3. The van der Waals surface area contributed by atoms with E-state index in [9.17, 15) is 4.39 Å². The molecule has 3 aromatic heterocycles. The zero-order chi connectivity index (χ0) is 37.9. The summed E-state index contributed by atoms with van der Waals surface area (Å²) in [7, 11) is 0. The third-order valence-corrected chi connectivity index (χ3v) is 10.8. The molecule has 11 aromatic rings. The maximum atomic E-state index is 14.5. The Morgan fingerprint density at radius 2 is 0.807 bits per heavy atom. The van der Waals surface area contributed by atoms with E-state index in [1.165, 1.54) is 28.3 Å². The van der Waals surface area contributed by atoms with Gasteiger partial charge in [-0.15, -0.1) is 0 Å². The molecule has 0 unspecified atom stereocenters. The average molecular weight is 734 g/mol. The maximum Gasteiger partial charge on any atom is 0.164 e. The van der Waals surface area contributed by atoms with Gasteiger partial charge in [0.15, 0.2) is 17.5 Å². The van der Waals surface area contributed by atoms with Crippen molar-refractivity contribution in [3.63, 3.8) is 0 Å². The molecule has 0 amide bonds. The lowest BCUT2D eigenvalue weighted by Crippen LogP contribution is -2.02. The van der Waals surface area contributed by atoms with Crippen molar-refractivity contribution in [1.29, 1.82) is 0 Å². The maximum absolute atomic E-state index is 14.5. The SMILES string of the molecule is Fc1ccc(-c2cc(-c3nc(-c4ccccc4)nc(-c4ccccc4)n3)ccc2-n2c3ccccc3c3c4c5ccccc5n(-c5ccccc5)c4ccc32)cc1. The fourth-order valence-electron chi connectivity index (χ4n) is 8.30. The first-order chi connectivity index (χ1) is 28.2. The van der Waals surface area contributed by atoms with Crippen molar-refractivity contribution in [2.45, 2.75) is 0 Å². The van der Waals surface area contributed by atoms with Crippen LogP contribution in [-0.2, 0) is 0 Å². The van der Waals surface area contributed by atoms with Crippen LogP contribution in [0, 0.1) is 5.82 Å². The van der Waals surface area contributed by atoms with Gasteiger partial charge in [0.25, 0.3) is 0 Å². The molecule has 5 nitrogen and oxygen atoms in total. The molecule has 0 saturated heterocycles. The van der Waals surface area contributed by atoms with E-state index in [1.807, 2.05) is 72.8 Å². The number of fused-ring (bicyclic) bond motifs is 7. The van der Waals surface area contributed by atoms with Crippen LogP contribution in [0.5, 0.6) is 0 Å². The normalized spacial score (nSPS) is 11.6. The van der Waals surface area contributed by atoms with Crippen LogP contribution in [0.1, 0.15) is 0 Å². The molecular formula is C51H32FN5. The Balaban J connectivity index is 1.19. The number of benzene rings is 8. The number of hydrogen-bond donors (Lipinski definition) is 0. The van der Waals surface area contributed by atoms with Gasteiger partial charge in [-0.05, 0) is 72.3 Å². The van der Waals surface area contributed by atoms with Crippen LogP contribution in [-0.4, -0.2) is 24.1 Å². The zero-order valence-corrected chi connectivity index (χ0v) is 30.6. The van der Waals surface area contributed by atoms with Gasteiger partial charge in [0.1, 0.15) is 5.82 Å². The first-order valence-electron chi connectivity index (χ1n) is 19.0. The second kappa shape index (κ2) is 13.3. The van der Waals surface area contributed by atoms with E-state index in [1.54, 1.807) is 0 Å². The predicted octanol–water partition coefficient (Wildman–Crippen LogP) is 12.9. The molecule has 0 spiro atoms. The van der Waals surface area contributed by atoms with Gasteiger partial charge < -0.3 is 9.13 Å². The minimum absolute atomic E-state index is 0.289. The highest BCUT2D eigenvalue weighted by Crippen LogP contribution is 2.44. The van der Waals surface area contributed by atoms with E-state index in [-0.39, 0.29) is 5.82 Å². The zero-order valence-electron chi connectivity index (χ0n) is 30.6. The highest BCUT2D eigenvalue weighted by Gasteiger charge is 2.22. The summed E-state index contributed by atoms with van der Waals surface area (Å²) < 4.78 is 19.2. The van der Waals surface area contributed by atoms with Crippen LogP contribution in [0.15, 0.2) is 194 Å². The molecule has 0 atom stereocenters. The van der Waals surface area contributed by atoms with Gasteiger partial charge in [-0.3, -0.25) is 0 Å². The van der Waals surface area contributed by atoms with Gasteiger partial charge in [0, 0.05) is 49.5 Å². The number of nitrogens with zero attached hydrogens (tertiary/aromatic N) is 5. The summed E-state index contributed by atoms with van der Waals surface area (Å²) >= 11 is 0. The van der Waals surface area contributed by atoms with Crippen LogP contribution < -0.4 is 0 Å². The standard InChI is InChI=1S/C51H32FN5/c52-37-27-24-33(25-28-37)41-32-36(51-54-49(34-14-4-1-5-15-34)53-50(55-51)35-16-6-2-7-17-35)26-29-44(41)57-43-23-13-11-21-40(43)48-46(57)31-30-45-47(48)39-20-10-12-22-42(39)56(45)38-18-8-3-9-19-38/h1-32H. The Hall–Kier alpha value is -7.70. The lowest BCUT2D eigenvalue weighted by atomic mass is 9.99. The minimum atomic E-state index is -0.289. The van der Waals surface area contributed by atoms with E-state index in [4.69, 9.17) is 15.0 Å². The second-order valence-electron chi connectivity index (χ2n) is 14.2. The third kappa shape index (κ3) is 5.41. The summed E-state index contributed by atoms with van der Waals surface area (Å²) in [5, 5.41) is 4.73. The van der Waals surface area contributed by atoms with Crippen molar-refractivity contribution >= 4 is 43.6 Å². The Morgan fingerprint density at radius 3 is 1.39 bits per heavy atom. The Labute approximate surface area is 327 Å². The van der Waals surface area contributed by atoms with Crippen molar-refractivity contribution in [2.75, 3.05) is 0 Å². The number of hydrogen-bond acceptors (Lipinski definition) is 3. The molecule has 0 radical (unpaired) electrons. The molecule has 0 aliphatic rings. The summed E-state index contributed by atoms with van der Waals surface area (Å²) in [6.45, 7) is 0. The minimum Gasteiger partial charge on any atom is -0.309 e. The second-order valence-corrected chi connectivity index (χ2v) is 14.2. The summed E-state index contributed by atoms with van der Waals surface area (Å²) in [5.41, 5.74) is 11.0.